The van der Waals surface area contributed by atoms with Gasteiger partial charge in [-0.3, -0.25) is 10.1 Å². The van der Waals surface area contributed by atoms with Crippen LogP contribution in [-0.4, -0.2) is 36.1 Å². The molecule has 2 unspecified atom stereocenters. The molecule has 4 heteroatoms. The first-order valence-electron chi connectivity index (χ1n) is 7.80. The van der Waals surface area contributed by atoms with E-state index in [0.717, 1.165) is 12.0 Å². The van der Waals surface area contributed by atoms with E-state index in [1.807, 2.05) is 25.7 Å². The molecule has 0 spiro atoms. The Labute approximate surface area is 127 Å². The molecule has 21 heavy (non-hydrogen) atoms. The van der Waals surface area contributed by atoms with E-state index in [9.17, 15) is 4.79 Å². The van der Waals surface area contributed by atoms with Crippen molar-refractivity contribution in [1.82, 2.24) is 10.2 Å². The molecule has 1 aliphatic rings. The number of carbonyl (C=O) groups excluding carboxylic acids is 1. The maximum absolute atomic E-state index is 12.3. The van der Waals surface area contributed by atoms with Crippen LogP contribution in [0.5, 0.6) is 0 Å². The minimum atomic E-state index is -0.139. The first-order valence-corrected chi connectivity index (χ1v) is 7.80. The molecule has 1 N–H and O–H groups in total. The lowest BCUT2D eigenvalue weighted by atomic mass is 10.1. The Kier molecular flexibility index (Phi) is 5.37. The molecule has 2 atom stereocenters. The molecule has 0 aliphatic carbocycles. The zero-order chi connectivity index (χ0) is 15.4. The smallest absolute Gasteiger partial charge is 0.241 e. The molecule has 1 amide bonds. The van der Waals surface area contributed by atoms with E-state index in [4.69, 9.17) is 4.74 Å². The predicted octanol–water partition coefficient (Wildman–Crippen LogP) is 2.49. The van der Waals surface area contributed by atoms with Crippen molar-refractivity contribution in [3.63, 3.8) is 0 Å². The molecule has 1 saturated heterocycles. The standard InChI is InChI=1S/C17H26N2O2/c1-5-14-6-8-15(9-7-14)16-18-13(4)17(20)19(16)10-11-21-12(2)3/h6-9,12-13,16,18H,5,10-11H2,1-4H3. The summed E-state index contributed by atoms with van der Waals surface area (Å²) < 4.78 is 5.59. The third-order valence-corrected chi connectivity index (χ3v) is 3.86. The van der Waals surface area contributed by atoms with Crippen molar-refractivity contribution in [2.45, 2.75) is 52.4 Å². The number of hydrogen-bond donors (Lipinski definition) is 1. The Morgan fingerprint density at radius 1 is 1.29 bits per heavy atom. The van der Waals surface area contributed by atoms with Gasteiger partial charge in [0.15, 0.2) is 0 Å². The van der Waals surface area contributed by atoms with Crippen LogP contribution in [0.4, 0.5) is 0 Å². The number of amides is 1. The molecule has 1 aliphatic heterocycles. The molecule has 1 fully saturated rings. The average molecular weight is 290 g/mol. The summed E-state index contributed by atoms with van der Waals surface area (Å²) in [4.78, 5) is 14.2. The number of carbonyl (C=O) groups is 1. The van der Waals surface area contributed by atoms with Crippen LogP contribution in [0.15, 0.2) is 24.3 Å². The van der Waals surface area contributed by atoms with Gasteiger partial charge in [0.05, 0.1) is 18.8 Å². The summed E-state index contributed by atoms with van der Waals surface area (Å²) in [5.41, 5.74) is 2.44. The van der Waals surface area contributed by atoms with Crippen LogP contribution in [-0.2, 0) is 16.0 Å². The molecular formula is C17H26N2O2. The molecule has 2 rings (SSSR count). The number of rotatable bonds is 6. The minimum absolute atomic E-state index is 0.0471. The highest BCUT2D eigenvalue weighted by atomic mass is 16.5. The van der Waals surface area contributed by atoms with Crippen LogP contribution in [0.25, 0.3) is 0 Å². The van der Waals surface area contributed by atoms with E-state index >= 15 is 0 Å². The largest absolute Gasteiger partial charge is 0.377 e. The quantitative estimate of drug-likeness (QED) is 0.875. The van der Waals surface area contributed by atoms with Crippen molar-refractivity contribution in [3.8, 4) is 0 Å². The molecule has 1 aromatic carbocycles. The van der Waals surface area contributed by atoms with Gasteiger partial charge < -0.3 is 9.64 Å². The number of nitrogens with zero attached hydrogens (tertiary/aromatic N) is 1. The van der Waals surface area contributed by atoms with E-state index in [-0.39, 0.29) is 24.2 Å². The third-order valence-electron chi connectivity index (χ3n) is 3.86. The van der Waals surface area contributed by atoms with Gasteiger partial charge in [0, 0.05) is 6.54 Å². The van der Waals surface area contributed by atoms with Crippen LogP contribution in [0.1, 0.15) is 45.0 Å². The van der Waals surface area contributed by atoms with Crippen molar-refractivity contribution >= 4 is 5.91 Å². The Hall–Kier alpha value is -1.39. The Morgan fingerprint density at radius 2 is 1.95 bits per heavy atom. The number of aryl methyl sites for hydroxylation is 1. The highest BCUT2D eigenvalue weighted by molar-refractivity contribution is 5.84. The molecule has 0 radical (unpaired) electrons. The molecule has 0 aromatic heterocycles. The zero-order valence-corrected chi connectivity index (χ0v) is 13.4. The van der Waals surface area contributed by atoms with Crippen LogP contribution < -0.4 is 5.32 Å². The Morgan fingerprint density at radius 3 is 2.52 bits per heavy atom. The molecular weight excluding hydrogens is 264 g/mol. The lowest BCUT2D eigenvalue weighted by molar-refractivity contribution is -0.130. The summed E-state index contributed by atoms with van der Waals surface area (Å²) in [7, 11) is 0. The summed E-state index contributed by atoms with van der Waals surface area (Å²) in [5, 5.41) is 3.37. The van der Waals surface area contributed by atoms with E-state index in [2.05, 4.69) is 36.5 Å². The molecule has 1 heterocycles. The van der Waals surface area contributed by atoms with Gasteiger partial charge in [-0.05, 0) is 38.3 Å². The Balaban J connectivity index is 2.09. The second-order valence-corrected chi connectivity index (χ2v) is 5.84. The first kappa shape index (κ1) is 16.0. The predicted molar refractivity (Wildman–Crippen MR) is 84.0 cm³/mol. The molecule has 1 aromatic rings. The zero-order valence-electron chi connectivity index (χ0n) is 13.4. The van der Waals surface area contributed by atoms with Gasteiger partial charge in [-0.15, -0.1) is 0 Å². The lowest BCUT2D eigenvalue weighted by Crippen LogP contribution is -2.34. The van der Waals surface area contributed by atoms with Crippen molar-refractivity contribution in [1.29, 1.82) is 0 Å². The SMILES string of the molecule is CCc1ccc(C2NC(C)C(=O)N2CCOC(C)C)cc1. The number of hydrogen-bond acceptors (Lipinski definition) is 3. The van der Waals surface area contributed by atoms with Crippen molar-refractivity contribution in [2.75, 3.05) is 13.2 Å². The van der Waals surface area contributed by atoms with Crippen molar-refractivity contribution < 1.29 is 9.53 Å². The van der Waals surface area contributed by atoms with E-state index in [0.29, 0.717) is 13.2 Å². The van der Waals surface area contributed by atoms with Gasteiger partial charge in [0.1, 0.15) is 6.17 Å². The molecule has 0 saturated carbocycles. The van der Waals surface area contributed by atoms with Gasteiger partial charge in [0.25, 0.3) is 0 Å². The average Bonchev–Trinajstić information content (AvgIpc) is 2.75. The fourth-order valence-electron chi connectivity index (χ4n) is 2.61. The lowest BCUT2D eigenvalue weighted by Gasteiger charge is -2.25. The van der Waals surface area contributed by atoms with Crippen molar-refractivity contribution in [2.24, 2.45) is 0 Å². The number of benzene rings is 1. The molecule has 116 valence electrons. The molecule has 4 nitrogen and oxygen atoms in total. The first-order chi connectivity index (χ1) is 10.0. The van der Waals surface area contributed by atoms with Crippen LogP contribution in [0.2, 0.25) is 0 Å². The van der Waals surface area contributed by atoms with E-state index in [1.165, 1.54) is 5.56 Å². The van der Waals surface area contributed by atoms with Gasteiger partial charge in [-0.25, -0.2) is 0 Å². The third kappa shape index (κ3) is 3.83. The van der Waals surface area contributed by atoms with E-state index in [1.54, 1.807) is 0 Å². The van der Waals surface area contributed by atoms with Crippen molar-refractivity contribution in [3.05, 3.63) is 35.4 Å². The van der Waals surface area contributed by atoms with Crippen LogP contribution in [0.3, 0.4) is 0 Å². The Bertz CT molecular complexity index is 470. The van der Waals surface area contributed by atoms with Crippen LogP contribution >= 0.6 is 0 Å². The normalized spacial score (nSPS) is 22.3. The van der Waals surface area contributed by atoms with Gasteiger partial charge >= 0.3 is 0 Å². The number of ether oxygens (including phenoxy) is 1. The topological polar surface area (TPSA) is 41.6 Å². The fourth-order valence-corrected chi connectivity index (χ4v) is 2.61. The maximum Gasteiger partial charge on any atom is 0.241 e. The summed E-state index contributed by atoms with van der Waals surface area (Å²) in [6.07, 6.45) is 1.17. The second-order valence-electron chi connectivity index (χ2n) is 5.84. The van der Waals surface area contributed by atoms with E-state index < -0.39 is 0 Å². The van der Waals surface area contributed by atoms with Gasteiger partial charge in [-0.1, -0.05) is 31.2 Å². The highest BCUT2D eigenvalue weighted by Crippen LogP contribution is 2.25. The fraction of sp³-hybridized carbons (Fsp3) is 0.588. The molecule has 0 bridgehead atoms. The monoisotopic (exact) mass is 290 g/mol. The van der Waals surface area contributed by atoms with Gasteiger partial charge in [0.2, 0.25) is 5.91 Å². The summed E-state index contributed by atoms with van der Waals surface area (Å²) in [5.74, 6) is 0.145. The van der Waals surface area contributed by atoms with Gasteiger partial charge in [-0.2, -0.15) is 0 Å². The summed E-state index contributed by atoms with van der Waals surface area (Å²) in [6, 6.07) is 8.34. The summed E-state index contributed by atoms with van der Waals surface area (Å²) >= 11 is 0. The van der Waals surface area contributed by atoms with Crippen LogP contribution in [0, 0.1) is 0 Å². The maximum atomic E-state index is 12.3. The highest BCUT2D eigenvalue weighted by Gasteiger charge is 2.36. The second kappa shape index (κ2) is 7.05. The minimum Gasteiger partial charge on any atom is -0.377 e. The number of nitrogens with one attached hydrogen (secondary N) is 1. The summed E-state index contributed by atoms with van der Waals surface area (Å²) in [6.45, 7) is 9.26.